The molecule has 0 aliphatic heterocycles. The molecule has 0 aliphatic rings. The SMILES string of the molecule is Cn1cc(-c2cc(Oc3ccccc3)ncn2)c(O)c1O. The van der Waals surface area contributed by atoms with Crippen molar-refractivity contribution in [2.75, 3.05) is 0 Å². The molecule has 3 aromatic rings. The first-order valence-electron chi connectivity index (χ1n) is 6.27. The number of aromatic nitrogens is 3. The van der Waals surface area contributed by atoms with Crippen molar-refractivity contribution in [1.82, 2.24) is 14.5 Å². The molecule has 0 spiro atoms. The maximum absolute atomic E-state index is 9.88. The molecule has 2 N–H and O–H groups in total. The van der Waals surface area contributed by atoms with Gasteiger partial charge < -0.3 is 19.5 Å². The summed E-state index contributed by atoms with van der Waals surface area (Å²) in [5.74, 6) is 0.576. The lowest BCUT2D eigenvalue weighted by Gasteiger charge is -2.05. The molecule has 0 atom stereocenters. The summed E-state index contributed by atoms with van der Waals surface area (Å²) < 4.78 is 7.02. The second-order valence-corrected chi connectivity index (χ2v) is 4.48. The van der Waals surface area contributed by atoms with Crippen LogP contribution in [0.5, 0.6) is 23.3 Å². The van der Waals surface area contributed by atoms with E-state index in [-0.39, 0.29) is 11.6 Å². The minimum atomic E-state index is -0.220. The Bertz CT molecular complexity index is 769. The van der Waals surface area contributed by atoms with Crippen molar-refractivity contribution >= 4 is 0 Å². The van der Waals surface area contributed by atoms with Gasteiger partial charge in [-0.3, -0.25) is 0 Å². The molecule has 0 saturated carbocycles. The molecule has 3 rings (SSSR count). The molecule has 2 aromatic heterocycles. The van der Waals surface area contributed by atoms with Gasteiger partial charge in [0.1, 0.15) is 12.1 Å². The minimum Gasteiger partial charge on any atom is -0.503 e. The van der Waals surface area contributed by atoms with Gasteiger partial charge in [0, 0.05) is 19.3 Å². The molecular formula is C15H13N3O3. The summed E-state index contributed by atoms with van der Waals surface area (Å²) in [6, 6.07) is 10.8. The lowest BCUT2D eigenvalue weighted by atomic mass is 10.2. The van der Waals surface area contributed by atoms with E-state index in [1.807, 2.05) is 30.3 Å². The Labute approximate surface area is 120 Å². The highest BCUT2D eigenvalue weighted by Gasteiger charge is 2.15. The minimum absolute atomic E-state index is 0.214. The van der Waals surface area contributed by atoms with E-state index in [4.69, 9.17) is 4.74 Å². The van der Waals surface area contributed by atoms with E-state index in [9.17, 15) is 10.2 Å². The lowest BCUT2D eigenvalue weighted by Crippen LogP contribution is -1.90. The first-order valence-corrected chi connectivity index (χ1v) is 6.27. The molecule has 0 fully saturated rings. The van der Waals surface area contributed by atoms with Crippen LogP contribution in [-0.2, 0) is 7.05 Å². The number of hydrogen-bond acceptors (Lipinski definition) is 5. The molecule has 21 heavy (non-hydrogen) atoms. The number of hydrogen-bond donors (Lipinski definition) is 2. The van der Waals surface area contributed by atoms with Gasteiger partial charge in [0.2, 0.25) is 11.8 Å². The van der Waals surface area contributed by atoms with Crippen LogP contribution in [0.4, 0.5) is 0 Å². The van der Waals surface area contributed by atoms with Crippen LogP contribution in [0.1, 0.15) is 0 Å². The average molecular weight is 283 g/mol. The standard InChI is InChI=1S/C15H13N3O3/c1-18-8-11(14(19)15(18)20)12-7-13(17-9-16-12)21-10-5-3-2-4-6-10/h2-9,19-20H,1H3. The van der Waals surface area contributed by atoms with E-state index in [0.29, 0.717) is 22.9 Å². The van der Waals surface area contributed by atoms with E-state index in [1.165, 1.54) is 10.9 Å². The first kappa shape index (κ1) is 13.0. The van der Waals surface area contributed by atoms with Gasteiger partial charge in [0.05, 0.1) is 11.3 Å². The van der Waals surface area contributed by atoms with Crippen molar-refractivity contribution in [1.29, 1.82) is 0 Å². The fourth-order valence-corrected chi connectivity index (χ4v) is 1.94. The molecule has 0 bridgehead atoms. The fraction of sp³-hybridized carbons (Fsp3) is 0.0667. The van der Waals surface area contributed by atoms with Crippen LogP contribution < -0.4 is 4.74 Å². The topological polar surface area (TPSA) is 80.4 Å². The van der Waals surface area contributed by atoms with E-state index in [0.717, 1.165) is 0 Å². The van der Waals surface area contributed by atoms with Crippen molar-refractivity contribution in [3.8, 4) is 34.5 Å². The molecule has 1 aromatic carbocycles. The highest BCUT2D eigenvalue weighted by atomic mass is 16.5. The zero-order valence-electron chi connectivity index (χ0n) is 11.3. The molecule has 0 saturated heterocycles. The molecule has 0 radical (unpaired) electrons. The van der Waals surface area contributed by atoms with Crippen LogP contribution in [-0.4, -0.2) is 24.7 Å². The third-order valence-electron chi connectivity index (χ3n) is 3.01. The van der Waals surface area contributed by atoms with Gasteiger partial charge in [-0.1, -0.05) is 18.2 Å². The Balaban J connectivity index is 1.95. The summed E-state index contributed by atoms with van der Waals surface area (Å²) in [5, 5.41) is 19.5. The summed E-state index contributed by atoms with van der Waals surface area (Å²) in [5.41, 5.74) is 0.875. The quantitative estimate of drug-likeness (QED) is 0.772. The second-order valence-electron chi connectivity index (χ2n) is 4.48. The summed E-state index contributed by atoms with van der Waals surface area (Å²) >= 11 is 0. The van der Waals surface area contributed by atoms with Crippen LogP contribution in [0.15, 0.2) is 48.9 Å². The summed E-state index contributed by atoms with van der Waals surface area (Å²) in [4.78, 5) is 8.13. The molecule has 0 unspecified atom stereocenters. The predicted molar refractivity (Wildman–Crippen MR) is 76.3 cm³/mol. The summed E-state index contributed by atoms with van der Waals surface area (Å²) in [6.45, 7) is 0. The highest BCUT2D eigenvalue weighted by molar-refractivity contribution is 5.70. The number of ether oxygens (including phenoxy) is 1. The van der Waals surface area contributed by atoms with Crippen molar-refractivity contribution < 1.29 is 14.9 Å². The number of benzene rings is 1. The van der Waals surface area contributed by atoms with E-state index in [2.05, 4.69) is 9.97 Å². The van der Waals surface area contributed by atoms with Crippen molar-refractivity contribution in [3.05, 3.63) is 48.9 Å². The van der Waals surface area contributed by atoms with E-state index < -0.39 is 0 Å². The Morgan fingerprint density at radius 1 is 1.10 bits per heavy atom. The molecule has 0 aliphatic carbocycles. The average Bonchev–Trinajstić information content (AvgIpc) is 2.76. The van der Waals surface area contributed by atoms with Gasteiger partial charge in [0.15, 0.2) is 5.75 Å². The fourth-order valence-electron chi connectivity index (χ4n) is 1.94. The van der Waals surface area contributed by atoms with Crippen LogP contribution >= 0.6 is 0 Å². The van der Waals surface area contributed by atoms with Gasteiger partial charge in [-0.05, 0) is 12.1 Å². The third kappa shape index (κ3) is 2.51. The normalized spacial score (nSPS) is 10.5. The Morgan fingerprint density at radius 2 is 1.86 bits per heavy atom. The second kappa shape index (κ2) is 5.16. The number of para-hydroxylation sites is 1. The molecule has 0 amide bonds. The van der Waals surface area contributed by atoms with Crippen molar-refractivity contribution in [3.63, 3.8) is 0 Å². The monoisotopic (exact) mass is 283 g/mol. The molecule has 6 nitrogen and oxygen atoms in total. The number of aryl methyl sites for hydroxylation is 1. The number of rotatable bonds is 3. The first-order chi connectivity index (χ1) is 10.1. The largest absolute Gasteiger partial charge is 0.503 e. The Hall–Kier alpha value is -3.02. The van der Waals surface area contributed by atoms with Gasteiger partial charge in [0.25, 0.3) is 0 Å². The zero-order chi connectivity index (χ0) is 14.8. The van der Waals surface area contributed by atoms with E-state index >= 15 is 0 Å². The Morgan fingerprint density at radius 3 is 2.52 bits per heavy atom. The van der Waals surface area contributed by atoms with Crippen LogP contribution in [0.2, 0.25) is 0 Å². The van der Waals surface area contributed by atoms with Crippen LogP contribution in [0.25, 0.3) is 11.3 Å². The van der Waals surface area contributed by atoms with Crippen LogP contribution in [0, 0.1) is 0 Å². The highest BCUT2D eigenvalue weighted by Crippen LogP contribution is 2.37. The predicted octanol–water partition coefficient (Wildman–Crippen LogP) is 2.69. The van der Waals surface area contributed by atoms with E-state index in [1.54, 1.807) is 19.3 Å². The van der Waals surface area contributed by atoms with Crippen LogP contribution in [0.3, 0.4) is 0 Å². The summed E-state index contributed by atoms with van der Waals surface area (Å²) in [7, 11) is 1.63. The number of nitrogens with zero attached hydrogens (tertiary/aromatic N) is 3. The lowest BCUT2D eigenvalue weighted by molar-refractivity contribution is 0.381. The van der Waals surface area contributed by atoms with Gasteiger partial charge in [-0.15, -0.1) is 0 Å². The van der Waals surface area contributed by atoms with Gasteiger partial charge >= 0.3 is 0 Å². The molecule has 6 heteroatoms. The van der Waals surface area contributed by atoms with Crippen molar-refractivity contribution in [2.24, 2.45) is 7.05 Å². The van der Waals surface area contributed by atoms with Gasteiger partial charge in [-0.25, -0.2) is 9.97 Å². The maximum Gasteiger partial charge on any atom is 0.235 e. The summed E-state index contributed by atoms with van der Waals surface area (Å²) in [6.07, 6.45) is 2.93. The smallest absolute Gasteiger partial charge is 0.235 e. The molecule has 106 valence electrons. The molecule has 2 heterocycles. The number of aromatic hydroxyl groups is 2. The van der Waals surface area contributed by atoms with Gasteiger partial charge in [-0.2, -0.15) is 0 Å². The maximum atomic E-state index is 9.88. The third-order valence-corrected chi connectivity index (χ3v) is 3.01. The van der Waals surface area contributed by atoms with Crippen molar-refractivity contribution in [2.45, 2.75) is 0 Å². The zero-order valence-corrected chi connectivity index (χ0v) is 11.3. The molecular weight excluding hydrogens is 270 g/mol. The Kier molecular flexibility index (Phi) is 3.19.